The van der Waals surface area contributed by atoms with Gasteiger partial charge in [-0.3, -0.25) is 9.59 Å². The van der Waals surface area contributed by atoms with Crippen LogP contribution in [-0.4, -0.2) is 23.5 Å². The molecule has 2 aromatic carbocycles. The highest BCUT2D eigenvalue weighted by molar-refractivity contribution is 6.39. The van der Waals surface area contributed by atoms with Crippen LogP contribution in [0.15, 0.2) is 42.5 Å². The number of hydrogen-bond donors (Lipinski definition) is 3. The molecule has 24 heavy (non-hydrogen) atoms. The predicted molar refractivity (Wildman–Crippen MR) is 84.1 cm³/mol. The highest BCUT2D eigenvalue weighted by atomic mass is 19.1. The molecule has 0 spiro atoms. The minimum Gasteiger partial charge on any atom is -0.386 e. The fourth-order valence-electron chi connectivity index (χ4n) is 2.04. The van der Waals surface area contributed by atoms with Gasteiger partial charge in [0.15, 0.2) is 0 Å². The molecule has 0 aliphatic carbocycles. The quantitative estimate of drug-likeness (QED) is 0.749. The minimum absolute atomic E-state index is 0.0207. The Morgan fingerprint density at radius 2 is 1.79 bits per heavy atom. The first-order valence-electron chi connectivity index (χ1n) is 7.16. The maximum atomic E-state index is 13.5. The summed E-state index contributed by atoms with van der Waals surface area (Å²) in [5.41, 5.74) is 0.610. The maximum absolute atomic E-state index is 13.5. The van der Waals surface area contributed by atoms with Crippen molar-refractivity contribution in [3.05, 3.63) is 65.2 Å². The first kappa shape index (κ1) is 17.6. The van der Waals surface area contributed by atoms with Gasteiger partial charge < -0.3 is 15.7 Å². The standard InChI is InChI=1S/C17H16F2N2O3/c1-10-8-11(6-7-13(10)18)21-17(24)16(23)20-9-15(22)12-4-2-3-5-14(12)19/h2-8,15,22H,9H2,1H3,(H,20,23)(H,21,24). The SMILES string of the molecule is Cc1cc(NC(=O)C(=O)NCC(O)c2ccccc2F)ccc1F. The number of halogens is 2. The molecule has 5 nitrogen and oxygen atoms in total. The first-order valence-corrected chi connectivity index (χ1v) is 7.16. The number of hydrogen-bond acceptors (Lipinski definition) is 3. The van der Waals surface area contributed by atoms with Crippen LogP contribution in [0, 0.1) is 18.6 Å². The molecule has 126 valence electrons. The number of aryl methyl sites for hydroxylation is 1. The van der Waals surface area contributed by atoms with Crippen molar-refractivity contribution in [2.75, 3.05) is 11.9 Å². The smallest absolute Gasteiger partial charge is 0.313 e. The van der Waals surface area contributed by atoms with E-state index in [0.29, 0.717) is 5.56 Å². The summed E-state index contributed by atoms with van der Waals surface area (Å²) in [5, 5.41) is 14.4. The molecule has 2 rings (SSSR count). The van der Waals surface area contributed by atoms with Gasteiger partial charge in [-0.15, -0.1) is 0 Å². The van der Waals surface area contributed by atoms with Crippen molar-refractivity contribution >= 4 is 17.5 Å². The fraction of sp³-hybridized carbons (Fsp3) is 0.176. The van der Waals surface area contributed by atoms with Crippen LogP contribution in [0.5, 0.6) is 0 Å². The highest BCUT2D eigenvalue weighted by Crippen LogP contribution is 2.16. The van der Waals surface area contributed by atoms with E-state index in [1.807, 2.05) is 0 Å². The van der Waals surface area contributed by atoms with Crippen molar-refractivity contribution in [3.63, 3.8) is 0 Å². The van der Waals surface area contributed by atoms with Crippen LogP contribution >= 0.6 is 0 Å². The Bertz CT molecular complexity index is 765. The number of aliphatic hydroxyl groups is 1. The van der Waals surface area contributed by atoms with Crippen molar-refractivity contribution in [2.24, 2.45) is 0 Å². The van der Waals surface area contributed by atoms with E-state index in [4.69, 9.17) is 0 Å². The summed E-state index contributed by atoms with van der Waals surface area (Å²) in [6.45, 7) is 1.20. The van der Waals surface area contributed by atoms with Crippen LogP contribution in [0.25, 0.3) is 0 Å². The van der Waals surface area contributed by atoms with Crippen molar-refractivity contribution in [1.29, 1.82) is 0 Å². The Morgan fingerprint density at radius 3 is 2.46 bits per heavy atom. The Labute approximate surface area is 137 Å². The number of nitrogens with one attached hydrogen (secondary N) is 2. The molecule has 0 aromatic heterocycles. The molecular weight excluding hydrogens is 318 g/mol. The summed E-state index contributed by atoms with van der Waals surface area (Å²) in [5.74, 6) is -3.00. The Hall–Kier alpha value is -2.80. The van der Waals surface area contributed by atoms with E-state index in [2.05, 4.69) is 10.6 Å². The molecule has 3 N–H and O–H groups in total. The molecule has 0 radical (unpaired) electrons. The van der Waals surface area contributed by atoms with Gasteiger partial charge in [-0.25, -0.2) is 8.78 Å². The summed E-state index contributed by atoms with van der Waals surface area (Å²) < 4.78 is 26.6. The first-order chi connectivity index (χ1) is 11.4. The van der Waals surface area contributed by atoms with Gasteiger partial charge in [0.05, 0.1) is 6.10 Å². The van der Waals surface area contributed by atoms with E-state index in [1.54, 1.807) is 6.07 Å². The number of rotatable bonds is 4. The molecule has 0 aliphatic heterocycles. The van der Waals surface area contributed by atoms with Gasteiger partial charge in [0.1, 0.15) is 11.6 Å². The van der Waals surface area contributed by atoms with Crippen LogP contribution < -0.4 is 10.6 Å². The summed E-state index contributed by atoms with van der Waals surface area (Å²) in [6, 6.07) is 9.47. The third-order valence-electron chi connectivity index (χ3n) is 3.34. The minimum atomic E-state index is -1.28. The topological polar surface area (TPSA) is 78.4 Å². The van der Waals surface area contributed by atoms with Crippen LogP contribution in [0.3, 0.4) is 0 Å². The number of benzene rings is 2. The van der Waals surface area contributed by atoms with E-state index >= 15 is 0 Å². The highest BCUT2D eigenvalue weighted by Gasteiger charge is 2.17. The van der Waals surface area contributed by atoms with E-state index in [0.717, 1.165) is 0 Å². The van der Waals surface area contributed by atoms with Crippen molar-refractivity contribution in [3.8, 4) is 0 Å². The molecule has 0 saturated heterocycles. The molecule has 1 unspecified atom stereocenters. The van der Waals surface area contributed by atoms with Crippen LogP contribution in [0.4, 0.5) is 14.5 Å². The van der Waals surface area contributed by atoms with Crippen molar-refractivity contribution in [1.82, 2.24) is 5.32 Å². The van der Waals surface area contributed by atoms with Gasteiger partial charge in [0.25, 0.3) is 0 Å². The van der Waals surface area contributed by atoms with Crippen molar-refractivity contribution in [2.45, 2.75) is 13.0 Å². The Morgan fingerprint density at radius 1 is 1.08 bits per heavy atom. The van der Waals surface area contributed by atoms with Crippen molar-refractivity contribution < 1.29 is 23.5 Å². The molecule has 7 heteroatoms. The zero-order chi connectivity index (χ0) is 17.7. The molecule has 0 bridgehead atoms. The number of aliphatic hydroxyl groups excluding tert-OH is 1. The zero-order valence-corrected chi connectivity index (χ0v) is 12.8. The Kier molecular flexibility index (Phi) is 5.59. The second-order valence-corrected chi connectivity index (χ2v) is 5.17. The van der Waals surface area contributed by atoms with E-state index in [9.17, 15) is 23.5 Å². The molecule has 0 heterocycles. The average Bonchev–Trinajstić information content (AvgIpc) is 2.56. The molecule has 0 fully saturated rings. The van der Waals surface area contributed by atoms with Gasteiger partial charge in [-0.05, 0) is 36.8 Å². The lowest BCUT2D eigenvalue weighted by atomic mass is 10.1. The van der Waals surface area contributed by atoms with Crippen LogP contribution in [0.1, 0.15) is 17.2 Å². The fourth-order valence-corrected chi connectivity index (χ4v) is 2.04. The van der Waals surface area contributed by atoms with E-state index in [-0.39, 0.29) is 17.8 Å². The van der Waals surface area contributed by atoms with E-state index < -0.39 is 29.6 Å². The summed E-state index contributed by atoms with van der Waals surface area (Å²) >= 11 is 0. The number of amides is 2. The van der Waals surface area contributed by atoms with Gasteiger partial charge in [-0.2, -0.15) is 0 Å². The van der Waals surface area contributed by atoms with Crippen LogP contribution in [-0.2, 0) is 9.59 Å². The largest absolute Gasteiger partial charge is 0.386 e. The second kappa shape index (κ2) is 7.65. The lowest BCUT2D eigenvalue weighted by Crippen LogP contribution is -2.37. The van der Waals surface area contributed by atoms with Crippen LogP contribution in [0.2, 0.25) is 0 Å². The normalized spacial score (nSPS) is 11.7. The van der Waals surface area contributed by atoms with Gasteiger partial charge >= 0.3 is 11.8 Å². The molecule has 0 aliphatic rings. The third-order valence-corrected chi connectivity index (χ3v) is 3.34. The number of carbonyl (C=O) groups is 2. The summed E-state index contributed by atoms with van der Waals surface area (Å²) in [6.07, 6.45) is -1.28. The average molecular weight is 334 g/mol. The lowest BCUT2D eigenvalue weighted by molar-refractivity contribution is -0.136. The van der Waals surface area contributed by atoms with Gasteiger partial charge in [0.2, 0.25) is 0 Å². The summed E-state index contributed by atoms with van der Waals surface area (Å²) in [7, 11) is 0. The predicted octanol–water partition coefficient (Wildman–Crippen LogP) is 2.06. The number of anilines is 1. The second-order valence-electron chi connectivity index (χ2n) is 5.17. The van der Waals surface area contributed by atoms with Gasteiger partial charge in [-0.1, -0.05) is 18.2 Å². The maximum Gasteiger partial charge on any atom is 0.313 e. The van der Waals surface area contributed by atoms with E-state index in [1.165, 1.54) is 43.3 Å². The zero-order valence-electron chi connectivity index (χ0n) is 12.8. The van der Waals surface area contributed by atoms with Gasteiger partial charge in [0, 0.05) is 17.8 Å². The Balaban J connectivity index is 1.91. The molecule has 2 aromatic rings. The molecular formula is C17H16F2N2O3. The molecule has 0 saturated carbocycles. The number of carbonyl (C=O) groups excluding carboxylic acids is 2. The third kappa shape index (κ3) is 4.36. The lowest BCUT2D eigenvalue weighted by Gasteiger charge is -2.13. The molecule has 2 amide bonds. The summed E-state index contributed by atoms with van der Waals surface area (Å²) in [4.78, 5) is 23.5. The monoisotopic (exact) mass is 334 g/mol. The molecule has 1 atom stereocenters.